The molecule has 0 unspecified atom stereocenters. The van der Waals surface area contributed by atoms with Crippen LogP contribution in [0.2, 0.25) is 0 Å². The van der Waals surface area contributed by atoms with Crippen molar-refractivity contribution in [2.24, 2.45) is 14.1 Å². The van der Waals surface area contributed by atoms with Crippen molar-refractivity contribution >= 4 is 21.5 Å². The number of ether oxygens (including phenoxy) is 6. The number of methoxy groups -OCH3 is 2. The zero-order valence-corrected chi connectivity index (χ0v) is 43.1. The van der Waals surface area contributed by atoms with Gasteiger partial charge in [0.15, 0.2) is 35.4 Å². The normalized spacial score (nSPS) is 11.9. The molecule has 0 amide bonds. The van der Waals surface area contributed by atoms with Crippen LogP contribution in [0.25, 0.3) is 77.4 Å². The van der Waals surface area contributed by atoms with Crippen LogP contribution in [-0.4, -0.2) is 38.0 Å². The molecule has 10 nitrogen and oxygen atoms in total. The van der Waals surface area contributed by atoms with Gasteiger partial charge in [-0.15, -0.1) is 0 Å². The summed E-state index contributed by atoms with van der Waals surface area (Å²) in [5.74, 6) is 4.43. The average molecular weight is 997 g/mol. The van der Waals surface area contributed by atoms with Gasteiger partial charge in [-0.1, -0.05) is 133 Å². The summed E-state index contributed by atoms with van der Waals surface area (Å²) in [5.41, 5.74) is 14.9. The predicted molar refractivity (Wildman–Crippen MR) is 297 cm³/mol. The molecule has 2 N–H and O–H groups in total. The van der Waals surface area contributed by atoms with Crippen LogP contribution in [0.3, 0.4) is 0 Å². The third kappa shape index (κ3) is 10.1. The van der Waals surface area contributed by atoms with E-state index in [1.165, 1.54) is 27.8 Å². The summed E-state index contributed by atoms with van der Waals surface area (Å²) in [6.07, 6.45) is 4.86. The first-order chi connectivity index (χ1) is 35.8. The van der Waals surface area contributed by atoms with Crippen LogP contribution in [0.5, 0.6) is 34.5 Å². The molecule has 75 heavy (non-hydrogen) atoms. The molecule has 0 saturated carbocycles. The molecule has 2 aliphatic heterocycles. The highest BCUT2D eigenvalue weighted by atomic mass is 16.7. The summed E-state index contributed by atoms with van der Waals surface area (Å²) < 4.78 is 38.6. The molecule has 12 rings (SSSR count). The Bertz CT molecular complexity index is 3660. The summed E-state index contributed by atoms with van der Waals surface area (Å²) >= 11 is 0. The van der Waals surface area contributed by atoms with E-state index >= 15 is 0 Å². The number of fused-ring (bicyclic) bond motifs is 4. The van der Waals surface area contributed by atoms with E-state index in [0.29, 0.717) is 11.5 Å². The lowest BCUT2D eigenvalue weighted by atomic mass is 9.94. The lowest BCUT2D eigenvalue weighted by Gasteiger charge is -2.13. The van der Waals surface area contributed by atoms with Crippen molar-refractivity contribution in [3.05, 3.63) is 219 Å². The summed E-state index contributed by atoms with van der Waals surface area (Å²) in [4.78, 5) is 0. The van der Waals surface area contributed by atoms with E-state index in [1.54, 1.807) is 14.2 Å². The van der Waals surface area contributed by atoms with Crippen molar-refractivity contribution in [2.45, 2.75) is 19.6 Å². The number of aliphatic hydroxyl groups is 2. The van der Waals surface area contributed by atoms with E-state index in [9.17, 15) is 10.2 Å². The molecule has 4 heterocycles. The summed E-state index contributed by atoms with van der Waals surface area (Å²) in [6.45, 7) is 0.299. The molecule has 0 radical (unpaired) electrons. The zero-order chi connectivity index (χ0) is 50.0. The first kappa shape index (κ1) is 51.2. The average Bonchev–Trinajstić information content (AvgIpc) is 4.13. The summed E-state index contributed by atoms with van der Waals surface area (Å²) in [7, 11) is 7.32. The van der Waals surface area contributed by atoms with Crippen LogP contribution in [0.1, 0.15) is 22.3 Å². The third-order valence-electron chi connectivity index (χ3n) is 13.8. The maximum absolute atomic E-state index is 9.75. The standard InChI is InChI=1S/C32H28NO4.C31H26NO4.2CH3/c1-33-18-28-24(12-13-25(19-34)32(28)35-2)15-29(33)27-17-31-30(36-20-37-31)16-26(27)14-21-8-10-23(11-9-21)22-6-4-3-5-7-22;1-32-17-27-23(12-13-24(18-33)30(27)34-2)15-28(32)25-14-26(31-29(16-25)35-19-36-31)22-10-8-21(9-11-22)20-6-4-3-5-7-20;;/h3-13,15-18,34H,14,19-20H2,1-2H3;3-17,33H,18-19H2,1-2H3;2*1H3/q2*+1;2*-1. The number of aliphatic hydroxyl groups excluding tert-OH is 2. The van der Waals surface area contributed by atoms with Gasteiger partial charge in [-0.25, -0.2) is 9.13 Å². The van der Waals surface area contributed by atoms with Gasteiger partial charge in [0.2, 0.25) is 25.0 Å². The van der Waals surface area contributed by atoms with Gasteiger partial charge in [-0.2, -0.15) is 0 Å². The molecule has 10 heteroatoms. The lowest BCUT2D eigenvalue weighted by Crippen LogP contribution is -2.31. The minimum Gasteiger partial charge on any atom is -0.495 e. The number of benzene rings is 8. The Morgan fingerprint density at radius 3 is 1.48 bits per heavy atom. The molecule has 378 valence electrons. The van der Waals surface area contributed by atoms with Gasteiger partial charge in [-0.05, 0) is 80.4 Å². The number of aromatic nitrogens is 2. The van der Waals surface area contributed by atoms with Crippen molar-refractivity contribution < 1.29 is 47.8 Å². The van der Waals surface area contributed by atoms with E-state index in [-0.39, 0.29) is 41.7 Å². The smallest absolute Gasteiger partial charge is 0.231 e. The fraction of sp³-hybridized carbons (Fsp3) is 0.138. The number of hydrogen-bond donors (Lipinski definition) is 2. The molecule has 0 atom stereocenters. The zero-order valence-electron chi connectivity index (χ0n) is 43.1. The highest BCUT2D eigenvalue weighted by Gasteiger charge is 2.26. The maximum Gasteiger partial charge on any atom is 0.231 e. The lowest BCUT2D eigenvalue weighted by molar-refractivity contribution is -0.659. The Kier molecular flexibility index (Phi) is 15.2. The summed E-state index contributed by atoms with van der Waals surface area (Å²) in [6, 6.07) is 58.6. The molecule has 0 saturated heterocycles. The third-order valence-corrected chi connectivity index (χ3v) is 13.8. The van der Waals surface area contributed by atoms with Gasteiger partial charge < -0.3 is 53.5 Å². The van der Waals surface area contributed by atoms with Crippen molar-refractivity contribution in [1.29, 1.82) is 0 Å². The van der Waals surface area contributed by atoms with Crippen molar-refractivity contribution in [3.8, 4) is 90.4 Å². The molecular formula is C65H60N2O8. The first-order valence-electron chi connectivity index (χ1n) is 24.2. The van der Waals surface area contributed by atoms with Crippen LogP contribution >= 0.6 is 0 Å². The monoisotopic (exact) mass is 996 g/mol. The highest BCUT2D eigenvalue weighted by molar-refractivity contribution is 5.92. The van der Waals surface area contributed by atoms with Gasteiger partial charge in [0.05, 0.1) is 49.3 Å². The number of pyridine rings is 2. The first-order valence-corrected chi connectivity index (χ1v) is 24.2. The fourth-order valence-corrected chi connectivity index (χ4v) is 10.0. The largest absolute Gasteiger partial charge is 0.495 e. The van der Waals surface area contributed by atoms with Crippen LogP contribution < -0.4 is 37.6 Å². The SMILES string of the molecule is COc1c(CO)ccc2cc(-c3cc4c(c(-c5ccc(-c6ccccc6)cc5)c3)OCO4)[n+](C)cc12.COc1c(CO)ccc2cc(-c3cc4c(cc3Cc3ccc(-c5ccccc5)cc3)OCO4)[n+](C)cc12.[CH3-].[CH3-]. The van der Waals surface area contributed by atoms with Gasteiger partial charge in [-0.3, -0.25) is 0 Å². The number of aryl methyl sites for hydroxylation is 2. The quantitative estimate of drug-likeness (QED) is 0.0976. The Morgan fingerprint density at radius 2 is 0.920 bits per heavy atom. The van der Waals surface area contributed by atoms with Crippen LogP contribution in [-0.2, 0) is 33.7 Å². The molecule has 8 aromatic carbocycles. The number of rotatable bonds is 11. The minimum absolute atomic E-state index is 0. The van der Waals surface area contributed by atoms with E-state index < -0.39 is 0 Å². The fourth-order valence-electron chi connectivity index (χ4n) is 10.0. The molecule has 0 bridgehead atoms. The second-order valence-electron chi connectivity index (χ2n) is 18.2. The van der Waals surface area contributed by atoms with Gasteiger partial charge >= 0.3 is 0 Å². The van der Waals surface area contributed by atoms with Gasteiger partial charge in [0, 0.05) is 28.8 Å². The van der Waals surface area contributed by atoms with Crippen LogP contribution in [0.15, 0.2) is 182 Å². The second kappa shape index (κ2) is 22.2. The van der Waals surface area contributed by atoms with Crippen LogP contribution in [0, 0.1) is 14.9 Å². The molecule has 2 aromatic heterocycles. The van der Waals surface area contributed by atoms with Crippen molar-refractivity contribution in [3.63, 3.8) is 0 Å². The van der Waals surface area contributed by atoms with Crippen molar-refractivity contribution in [2.75, 3.05) is 27.8 Å². The molecular weight excluding hydrogens is 937 g/mol. The minimum atomic E-state index is -0.0703. The highest BCUT2D eigenvalue weighted by Crippen LogP contribution is 2.46. The van der Waals surface area contributed by atoms with E-state index in [4.69, 9.17) is 28.4 Å². The molecule has 0 aliphatic carbocycles. The molecule has 2 aliphatic rings. The Morgan fingerprint density at radius 1 is 0.440 bits per heavy atom. The topological polar surface area (TPSA) is 104 Å². The van der Waals surface area contributed by atoms with E-state index in [1.807, 2.05) is 62.8 Å². The Labute approximate surface area is 438 Å². The molecule has 0 spiro atoms. The molecule has 0 fully saturated rings. The molecule has 10 aromatic rings. The van der Waals surface area contributed by atoms with E-state index in [2.05, 4.69) is 143 Å². The van der Waals surface area contributed by atoms with Gasteiger partial charge in [0.25, 0.3) is 0 Å². The number of nitrogens with zero attached hydrogens (tertiary/aromatic N) is 2. The predicted octanol–water partition coefficient (Wildman–Crippen LogP) is 12.6. The van der Waals surface area contributed by atoms with E-state index in [0.717, 1.165) is 101 Å². The number of hydrogen-bond acceptors (Lipinski definition) is 8. The van der Waals surface area contributed by atoms with Gasteiger partial charge in [0.1, 0.15) is 25.6 Å². The maximum atomic E-state index is 9.75. The van der Waals surface area contributed by atoms with Crippen molar-refractivity contribution in [1.82, 2.24) is 0 Å². The Balaban J connectivity index is 0.000000179. The Hall–Kier alpha value is -8.70. The van der Waals surface area contributed by atoms with Crippen LogP contribution in [0.4, 0.5) is 0 Å². The second-order valence-corrected chi connectivity index (χ2v) is 18.2. The summed E-state index contributed by atoms with van der Waals surface area (Å²) in [5, 5.41) is 23.4.